The topological polar surface area (TPSA) is 73.9 Å². The van der Waals surface area contributed by atoms with Crippen molar-refractivity contribution in [3.05, 3.63) is 39.8 Å². The van der Waals surface area contributed by atoms with Gasteiger partial charge in [-0.15, -0.1) is 11.3 Å². The highest BCUT2D eigenvalue weighted by atomic mass is 32.1. The van der Waals surface area contributed by atoms with Crippen molar-refractivity contribution in [3.8, 4) is 11.5 Å². The minimum Gasteiger partial charge on any atom is -0.496 e. The maximum absolute atomic E-state index is 13.1. The number of amides is 1. The Bertz CT molecular complexity index is 883. The van der Waals surface area contributed by atoms with Gasteiger partial charge in [0.1, 0.15) is 22.1 Å². The zero-order chi connectivity index (χ0) is 21.0. The summed E-state index contributed by atoms with van der Waals surface area (Å²) >= 11 is 1.46. The largest absolute Gasteiger partial charge is 0.496 e. The van der Waals surface area contributed by atoms with Crippen molar-refractivity contribution in [2.24, 2.45) is 5.92 Å². The highest BCUT2D eigenvalue weighted by molar-refractivity contribution is 7.17. The van der Waals surface area contributed by atoms with Crippen LogP contribution in [0.4, 0.5) is 5.00 Å². The lowest BCUT2D eigenvalue weighted by atomic mass is 9.88. The molecule has 29 heavy (non-hydrogen) atoms. The number of hydrogen-bond donors (Lipinski definition) is 1. The Morgan fingerprint density at radius 3 is 2.48 bits per heavy atom. The van der Waals surface area contributed by atoms with Crippen molar-refractivity contribution in [2.45, 2.75) is 39.5 Å². The van der Waals surface area contributed by atoms with Crippen LogP contribution in [0.5, 0.6) is 11.5 Å². The van der Waals surface area contributed by atoms with Gasteiger partial charge in [-0.2, -0.15) is 0 Å². The molecule has 0 bridgehead atoms. The minimum atomic E-state index is -0.379. The summed E-state index contributed by atoms with van der Waals surface area (Å²) in [6.07, 6.45) is 3.49. The first kappa shape index (κ1) is 21.2. The van der Waals surface area contributed by atoms with Gasteiger partial charge in [-0.25, -0.2) is 4.79 Å². The summed E-state index contributed by atoms with van der Waals surface area (Å²) in [6.45, 7) is 4.51. The van der Waals surface area contributed by atoms with Gasteiger partial charge in [0, 0.05) is 4.88 Å². The average molecular weight is 418 g/mol. The Hall–Kier alpha value is -2.54. The summed E-state index contributed by atoms with van der Waals surface area (Å²) in [5, 5.41) is 3.46. The second-order valence-corrected chi connectivity index (χ2v) is 8.29. The molecule has 0 spiro atoms. The number of methoxy groups -OCH3 is 2. The second kappa shape index (κ2) is 9.31. The Morgan fingerprint density at radius 1 is 1.17 bits per heavy atom. The average Bonchev–Trinajstić information content (AvgIpc) is 3.07. The lowest BCUT2D eigenvalue weighted by molar-refractivity contribution is 0.0505. The molecule has 1 unspecified atom stereocenters. The van der Waals surface area contributed by atoms with E-state index in [1.165, 1.54) is 25.6 Å². The van der Waals surface area contributed by atoms with Crippen molar-refractivity contribution in [2.75, 3.05) is 26.1 Å². The summed E-state index contributed by atoms with van der Waals surface area (Å²) in [4.78, 5) is 27.1. The first-order valence-corrected chi connectivity index (χ1v) is 10.7. The Morgan fingerprint density at radius 2 is 1.86 bits per heavy atom. The van der Waals surface area contributed by atoms with Gasteiger partial charge in [0.25, 0.3) is 5.91 Å². The standard InChI is InChI=1S/C22H27NO5S/c1-5-11-28-22(25)18-14-10-9-13(2)12-17(14)29-21(18)23-20(24)19-15(26-3)7-6-8-16(19)27-4/h6-8,13H,5,9-12H2,1-4H3,(H,23,24). The third-order valence-corrected chi connectivity index (χ3v) is 6.20. The maximum Gasteiger partial charge on any atom is 0.341 e. The number of ether oxygens (including phenoxy) is 3. The van der Waals surface area contributed by atoms with Crippen LogP contribution >= 0.6 is 11.3 Å². The molecule has 1 aromatic heterocycles. The van der Waals surface area contributed by atoms with Crippen LogP contribution < -0.4 is 14.8 Å². The molecule has 1 aliphatic rings. The molecule has 156 valence electrons. The molecular weight excluding hydrogens is 390 g/mol. The van der Waals surface area contributed by atoms with Crippen molar-refractivity contribution >= 4 is 28.2 Å². The molecular formula is C22H27NO5S. The van der Waals surface area contributed by atoms with Crippen molar-refractivity contribution in [1.82, 2.24) is 0 Å². The molecule has 7 heteroatoms. The predicted octanol–water partition coefficient (Wildman–Crippen LogP) is 4.71. The zero-order valence-electron chi connectivity index (χ0n) is 17.3. The molecule has 1 atom stereocenters. The molecule has 6 nitrogen and oxygen atoms in total. The van der Waals surface area contributed by atoms with Crippen LogP contribution in [-0.2, 0) is 17.6 Å². The van der Waals surface area contributed by atoms with Crippen LogP contribution in [0.1, 0.15) is 57.8 Å². The highest BCUT2D eigenvalue weighted by Gasteiger charge is 2.30. The first-order valence-electron chi connectivity index (χ1n) is 9.84. The van der Waals surface area contributed by atoms with E-state index in [2.05, 4.69) is 12.2 Å². The molecule has 1 aromatic carbocycles. The maximum atomic E-state index is 13.1. The van der Waals surface area contributed by atoms with E-state index in [9.17, 15) is 9.59 Å². The molecule has 1 aliphatic carbocycles. The molecule has 0 saturated heterocycles. The molecule has 0 saturated carbocycles. The van der Waals surface area contributed by atoms with Crippen LogP contribution in [0.2, 0.25) is 0 Å². The van der Waals surface area contributed by atoms with E-state index in [0.29, 0.717) is 40.2 Å². The molecule has 3 rings (SSSR count). The van der Waals surface area contributed by atoms with Gasteiger partial charge in [-0.05, 0) is 49.3 Å². The third kappa shape index (κ3) is 4.40. The third-order valence-electron chi connectivity index (χ3n) is 5.04. The monoisotopic (exact) mass is 417 g/mol. The normalized spacial score (nSPS) is 15.4. The van der Waals surface area contributed by atoms with Gasteiger partial charge < -0.3 is 19.5 Å². The van der Waals surface area contributed by atoms with Crippen molar-refractivity contribution in [1.29, 1.82) is 0 Å². The quantitative estimate of drug-likeness (QED) is 0.661. The fraction of sp³-hybridized carbons (Fsp3) is 0.455. The summed E-state index contributed by atoms with van der Waals surface area (Å²) in [5.74, 6) is 0.619. The number of carbonyl (C=O) groups is 2. The van der Waals surface area contributed by atoms with Gasteiger partial charge in [0.15, 0.2) is 0 Å². The number of rotatable bonds is 7. The van der Waals surface area contributed by atoms with Gasteiger partial charge >= 0.3 is 5.97 Å². The molecule has 1 amide bonds. The van der Waals surface area contributed by atoms with Crippen LogP contribution in [-0.4, -0.2) is 32.7 Å². The lowest BCUT2D eigenvalue weighted by Crippen LogP contribution is -2.18. The van der Waals surface area contributed by atoms with Crippen LogP contribution in [0.15, 0.2) is 18.2 Å². The smallest absolute Gasteiger partial charge is 0.341 e. The van der Waals surface area contributed by atoms with Gasteiger partial charge in [-0.1, -0.05) is 19.9 Å². The predicted molar refractivity (Wildman–Crippen MR) is 114 cm³/mol. The van der Waals surface area contributed by atoms with E-state index in [0.717, 1.165) is 36.1 Å². The number of thiophene rings is 1. The van der Waals surface area contributed by atoms with E-state index in [4.69, 9.17) is 14.2 Å². The summed E-state index contributed by atoms with van der Waals surface area (Å²) in [5.41, 5.74) is 1.80. The zero-order valence-corrected chi connectivity index (χ0v) is 18.1. The molecule has 2 aromatic rings. The number of hydrogen-bond acceptors (Lipinski definition) is 6. The number of anilines is 1. The summed E-state index contributed by atoms with van der Waals surface area (Å²) in [6, 6.07) is 5.16. The number of benzene rings is 1. The van der Waals surface area contributed by atoms with Crippen LogP contribution in [0, 0.1) is 5.92 Å². The fourth-order valence-electron chi connectivity index (χ4n) is 3.56. The fourth-order valence-corrected chi connectivity index (χ4v) is 4.96. The van der Waals surface area contributed by atoms with Gasteiger partial charge in [-0.3, -0.25) is 4.79 Å². The minimum absolute atomic E-state index is 0.296. The first-order chi connectivity index (χ1) is 14.0. The van der Waals surface area contributed by atoms with E-state index in [1.54, 1.807) is 18.2 Å². The molecule has 1 heterocycles. The second-order valence-electron chi connectivity index (χ2n) is 7.18. The molecule has 0 fully saturated rings. The number of nitrogens with one attached hydrogen (secondary N) is 1. The SMILES string of the molecule is CCCOC(=O)c1c(NC(=O)c2c(OC)cccc2OC)sc2c1CCC(C)C2. The van der Waals surface area contributed by atoms with Gasteiger partial charge in [0.05, 0.1) is 26.4 Å². The molecule has 0 radical (unpaired) electrons. The summed E-state index contributed by atoms with van der Waals surface area (Å²) in [7, 11) is 3.01. The Kier molecular flexibility index (Phi) is 6.79. The van der Waals surface area contributed by atoms with Crippen LogP contribution in [0.3, 0.4) is 0 Å². The summed E-state index contributed by atoms with van der Waals surface area (Å²) < 4.78 is 16.1. The van der Waals surface area contributed by atoms with E-state index in [-0.39, 0.29) is 11.9 Å². The van der Waals surface area contributed by atoms with E-state index < -0.39 is 0 Å². The van der Waals surface area contributed by atoms with Crippen molar-refractivity contribution < 1.29 is 23.8 Å². The highest BCUT2D eigenvalue weighted by Crippen LogP contribution is 2.41. The number of fused-ring (bicyclic) bond motifs is 1. The Balaban J connectivity index is 1.99. The van der Waals surface area contributed by atoms with Gasteiger partial charge in [0.2, 0.25) is 0 Å². The lowest BCUT2D eigenvalue weighted by Gasteiger charge is -2.18. The van der Waals surface area contributed by atoms with Crippen molar-refractivity contribution in [3.63, 3.8) is 0 Å². The van der Waals surface area contributed by atoms with Crippen LogP contribution in [0.25, 0.3) is 0 Å². The number of esters is 1. The molecule has 0 aliphatic heterocycles. The molecule has 1 N–H and O–H groups in total. The number of carbonyl (C=O) groups excluding carboxylic acids is 2. The Labute approximate surface area is 175 Å². The van der Waals surface area contributed by atoms with E-state index >= 15 is 0 Å². The van der Waals surface area contributed by atoms with E-state index in [1.807, 2.05) is 6.92 Å².